The summed E-state index contributed by atoms with van der Waals surface area (Å²) < 4.78 is 11.1. The summed E-state index contributed by atoms with van der Waals surface area (Å²) in [6.45, 7) is 0.990. The predicted octanol–water partition coefficient (Wildman–Crippen LogP) is 4.05. The smallest absolute Gasteiger partial charge is 0.253 e. The largest absolute Gasteiger partial charge is 0.493 e. The fourth-order valence-corrected chi connectivity index (χ4v) is 5.16. The summed E-state index contributed by atoms with van der Waals surface area (Å²) in [7, 11) is 6.70. The minimum Gasteiger partial charge on any atom is -0.493 e. The Kier molecular flexibility index (Phi) is 7.19. The number of ether oxygens (including phenoxy) is 2. The van der Waals surface area contributed by atoms with Crippen LogP contribution in [0.3, 0.4) is 0 Å². The van der Waals surface area contributed by atoms with Crippen LogP contribution in [0.2, 0.25) is 0 Å². The van der Waals surface area contributed by atoms with Gasteiger partial charge in [-0.2, -0.15) is 0 Å². The molecule has 1 atom stereocenters. The first-order valence-electron chi connectivity index (χ1n) is 11.0. The first-order chi connectivity index (χ1) is 16.4. The van der Waals surface area contributed by atoms with Crippen molar-refractivity contribution in [3.63, 3.8) is 0 Å². The van der Waals surface area contributed by atoms with Gasteiger partial charge < -0.3 is 19.7 Å². The Morgan fingerprint density at radius 2 is 1.79 bits per heavy atom. The minimum absolute atomic E-state index is 0.0469. The van der Waals surface area contributed by atoms with Gasteiger partial charge >= 0.3 is 0 Å². The SMILES string of the molecule is COc1cc2c(cc1OC)C(c1cccs1)N(CC(=O)Nc1ccc(C(=O)N(C)C)cc1)CC2. The molecule has 178 valence electrons. The van der Waals surface area contributed by atoms with E-state index in [0.717, 1.165) is 18.5 Å². The van der Waals surface area contributed by atoms with Gasteiger partial charge in [0.15, 0.2) is 11.5 Å². The number of rotatable bonds is 7. The van der Waals surface area contributed by atoms with Gasteiger partial charge in [-0.25, -0.2) is 0 Å². The fraction of sp³-hybridized carbons (Fsp3) is 0.308. The third-order valence-corrected chi connectivity index (χ3v) is 6.88. The van der Waals surface area contributed by atoms with E-state index < -0.39 is 0 Å². The first-order valence-corrected chi connectivity index (χ1v) is 11.9. The third kappa shape index (κ3) is 4.93. The van der Waals surface area contributed by atoms with Crippen molar-refractivity contribution < 1.29 is 19.1 Å². The topological polar surface area (TPSA) is 71.1 Å². The van der Waals surface area contributed by atoms with Gasteiger partial charge in [0, 0.05) is 36.8 Å². The number of fused-ring (bicyclic) bond motifs is 1. The van der Waals surface area contributed by atoms with Crippen molar-refractivity contribution in [3.05, 3.63) is 75.5 Å². The highest BCUT2D eigenvalue weighted by Gasteiger charge is 2.32. The lowest BCUT2D eigenvalue weighted by Gasteiger charge is -2.37. The van der Waals surface area contributed by atoms with Crippen LogP contribution in [0.25, 0.3) is 0 Å². The van der Waals surface area contributed by atoms with E-state index >= 15 is 0 Å². The molecule has 0 radical (unpaired) electrons. The van der Waals surface area contributed by atoms with Gasteiger partial charge in [0.2, 0.25) is 5.91 Å². The second-order valence-electron chi connectivity index (χ2n) is 8.37. The minimum atomic E-state index is -0.0998. The molecule has 0 fully saturated rings. The molecule has 0 spiro atoms. The van der Waals surface area contributed by atoms with Gasteiger partial charge in [-0.05, 0) is 65.4 Å². The Hall–Kier alpha value is -3.36. The molecule has 7 nitrogen and oxygen atoms in total. The molecule has 1 aliphatic rings. The molecule has 2 amide bonds. The van der Waals surface area contributed by atoms with Crippen molar-refractivity contribution >= 4 is 28.8 Å². The van der Waals surface area contributed by atoms with Gasteiger partial charge in [-0.1, -0.05) is 6.07 Å². The predicted molar refractivity (Wildman–Crippen MR) is 134 cm³/mol. The molecule has 0 saturated heterocycles. The van der Waals surface area contributed by atoms with E-state index in [0.29, 0.717) is 22.7 Å². The average molecular weight is 480 g/mol. The van der Waals surface area contributed by atoms with Crippen LogP contribution in [0.4, 0.5) is 5.69 Å². The van der Waals surface area contributed by atoms with Crippen LogP contribution in [0.5, 0.6) is 11.5 Å². The van der Waals surface area contributed by atoms with Crippen molar-refractivity contribution in [2.45, 2.75) is 12.5 Å². The van der Waals surface area contributed by atoms with E-state index in [9.17, 15) is 9.59 Å². The third-order valence-electron chi connectivity index (χ3n) is 5.95. The molecule has 2 heterocycles. The maximum absolute atomic E-state index is 13.0. The Morgan fingerprint density at radius 3 is 2.41 bits per heavy atom. The van der Waals surface area contributed by atoms with Gasteiger partial charge in [0.25, 0.3) is 5.91 Å². The van der Waals surface area contributed by atoms with E-state index in [1.807, 2.05) is 18.2 Å². The molecule has 34 heavy (non-hydrogen) atoms. The lowest BCUT2D eigenvalue weighted by molar-refractivity contribution is -0.117. The van der Waals surface area contributed by atoms with Crippen molar-refractivity contribution in [2.24, 2.45) is 0 Å². The number of carbonyl (C=O) groups excluding carboxylic acids is 2. The number of amides is 2. The molecule has 1 N–H and O–H groups in total. The number of anilines is 1. The molecule has 1 aliphatic heterocycles. The quantitative estimate of drug-likeness (QED) is 0.554. The molecule has 0 saturated carbocycles. The Morgan fingerprint density at radius 1 is 1.09 bits per heavy atom. The highest BCUT2D eigenvalue weighted by molar-refractivity contribution is 7.10. The Bertz CT molecular complexity index is 1160. The van der Waals surface area contributed by atoms with Crippen molar-refractivity contribution in [1.82, 2.24) is 9.80 Å². The number of carbonyl (C=O) groups is 2. The highest BCUT2D eigenvalue weighted by atomic mass is 32.1. The zero-order chi connectivity index (χ0) is 24.2. The second kappa shape index (κ2) is 10.3. The maximum Gasteiger partial charge on any atom is 0.253 e. The molecule has 0 bridgehead atoms. The van der Waals surface area contributed by atoms with E-state index in [4.69, 9.17) is 9.47 Å². The number of nitrogens with zero attached hydrogens (tertiary/aromatic N) is 2. The fourth-order valence-electron chi connectivity index (χ4n) is 4.29. The summed E-state index contributed by atoms with van der Waals surface area (Å²) in [5, 5.41) is 5.02. The maximum atomic E-state index is 13.0. The first kappa shape index (κ1) is 23.8. The van der Waals surface area contributed by atoms with E-state index in [-0.39, 0.29) is 24.4 Å². The van der Waals surface area contributed by atoms with E-state index in [1.54, 1.807) is 63.9 Å². The Balaban J connectivity index is 1.54. The number of hydrogen-bond donors (Lipinski definition) is 1. The van der Waals surface area contributed by atoms with Crippen LogP contribution in [0.1, 0.15) is 32.4 Å². The summed E-state index contributed by atoms with van der Waals surface area (Å²) in [5.74, 6) is 1.22. The zero-order valence-electron chi connectivity index (χ0n) is 19.8. The Labute approximate surface area is 203 Å². The van der Waals surface area contributed by atoms with Gasteiger partial charge in [-0.15, -0.1) is 11.3 Å². The van der Waals surface area contributed by atoms with Crippen LogP contribution in [0.15, 0.2) is 53.9 Å². The molecule has 1 aromatic heterocycles. The molecule has 8 heteroatoms. The van der Waals surface area contributed by atoms with Crippen molar-refractivity contribution in [2.75, 3.05) is 46.7 Å². The monoisotopic (exact) mass is 479 g/mol. The molecule has 3 aromatic rings. The molecule has 2 aromatic carbocycles. The van der Waals surface area contributed by atoms with Gasteiger partial charge in [0.1, 0.15) is 0 Å². The van der Waals surface area contributed by atoms with Crippen LogP contribution in [0, 0.1) is 0 Å². The normalized spacial score (nSPS) is 15.4. The molecule has 1 unspecified atom stereocenters. The molecule has 0 aliphatic carbocycles. The van der Waals surface area contributed by atoms with Gasteiger partial charge in [0.05, 0.1) is 26.8 Å². The standard InChI is InChI=1S/C26H29N3O4S/c1-28(2)26(31)17-7-9-19(10-8-17)27-24(30)16-29-12-11-18-14-21(32-3)22(33-4)15-20(18)25(29)23-6-5-13-34-23/h5-10,13-15,25H,11-12,16H2,1-4H3,(H,27,30). The number of hydrogen-bond acceptors (Lipinski definition) is 6. The second-order valence-corrected chi connectivity index (χ2v) is 9.35. The zero-order valence-corrected chi connectivity index (χ0v) is 20.6. The molecule has 4 rings (SSSR count). The van der Waals surface area contributed by atoms with E-state index in [2.05, 4.69) is 21.7 Å². The van der Waals surface area contributed by atoms with Crippen LogP contribution in [-0.4, -0.2) is 63.0 Å². The number of nitrogens with one attached hydrogen (secondary N) is 1. The number of thiophene rings is 1. The molecular weight excluding hydrogens is 450 g/mol. The lowest BCUT2D eigenvalue weighted by atomic mass is 9.91. The molecular formula is C26H29N3O4S. The summed E-state index contributed by atoms with van der Waals surface area (Å²) >= 11 is 1.68. The van der Waals surface area contributed by atoms with Crippen LogP contribution >= 0.6 is 11.3 Å². The number of benzene rings is 2. The average Bonchev–Trinajstić information content (AvgIpc) is 3.37. The lowest BCUT2D eigenvalue weighted by Crippen LogP contribution is -2.40. The van der Waals surface area contributed by atoms with Crippen molar-refractivity contribution in [3.8, 4) is 11.5 Å². The summed E-state index contributed by atoms with van der Waals surface area (Å²) in [6.07, 6.45) is 0.812. The number of methoxy groups -OCH3 is 2. The van der Waals surface area contributed by atoms with Crippen LogP contribution in [-0.2, 0) is 11.2 Å². The highest BCUT2D eigenvalue weighted by Crippen LogP contribution is 2.42. The van der Waals surface area contributed by atoms with Crippen molar-refractivity contribution in [1.29, 1.82) is 0 Å². The summed E-state index contributed by atoms with van der Waals surface area (Å²) in [6, 6.07) is 15.1. The van der Waals surface area contributed by atoms with Crippen LogP contribution < -0.4 is 14.8 Å². The summed E-state index contributed by atoms with van der Waals surface area (Å²) in [4.78, 5) is 30.0. The summed E-state index contributed by atoms with van der Waals surface area (Å²) in [5.41, 5.74) is 3.58. The van der Waals surface area contributed by atoms with Gasteiger partial charge in [-0.3, -0.25) is 14.5 Å². The van der Waals surface area contributed by atoms with E-state index in [1.165, 1.54) is 15.3 Å².